The molecule has 0 bridgehead atoms. The molecule has 1 spiro atoms. The van der Waals surface area contributed by atoms with Crippen molar-refractivity contribution < 1.29 is 38.6 Å². The molecule has 1 aliphatic carbocycles. The highest BCUT2D eigenvalue weighted by Crippen LogP contribution is 2.46. The van der Waals surface area contributed by atoms with Crippen LogP contribution in [-0.2, 0) is 30.4 Å². The Kier molecular flexibility index (Phi) is 8.45. The molecule has 2 fully saturated rings. The number of nitrogens with zero attached hydrogens (tertiary/aromatic N) is 2. The number of rotatable bonds is 3. The van der Waals surface area contributed by atoms with E-state index < -0.39 is 52.7 Å². The third-order valence-corrected chi connectivity index (χ3v) is 9.64. The first-order chi connectivity index (χ1) is 21.8. The number of hydrogen-bond donors (Lipinski definition) is 3. The maximum atomic E-state index is 14.3. The van der Waals surface area contributed by atoms with Crippen molar-refractivity contribution in [2.45, 2.75) is 107 Å². The Morgan fingerprint density at radius 3 is 2.76 bits per heavy atom. The molecule has 4 aliphatic heterocycles. The van der Waals surface area contributed by atoms with Crippen LogP contribution in [0.1, 0.15) is 83.3 Å². The molecule has 46 heavy (non-hydrogen) atoms. The van der Waals surface area contributed by atoms with Crippen LogP contribution in [0.2, 0.25) is 5.02 Å². The predicted octanol–water partition coefficient (Wildman–Crippen LogP) is 4.11. The number of allylic oxidation sites excluding steroid dienone is 1. The number of carbonyl (C=O) groups excluding carboxylic acids is 3. The summed E-state index contributed by atoms with van der Waals surface area (Å²) in [6.45, 7) is 5.79. The Morgan fingerprint density at radius 1 is 1.20 bits per heavy atom. The summed E-state index contributed by atoms with van der Waals surface area (Å²) in [4.78, 5) is 61.0. The van der Waals surface area contributed by atoms with E-state index in [1.807, 2.05) is 18.2 Å². The van der Waals surface area contributed by atoms with E-state index in [2.05, 4.69) is 15.8 Å². The van der Waals surface area contributed by atoms with Gasteiger partial charge >= 0.3 is 12.1 Å². The van der Waals surface area contributed by atoms with E-state index in [0.29, 0.717) is 42.4 Å². The van der Waals surface area contributed by atoms with Crippen LogP contribution < -0.4 is 15.4 Å². The number of carboxylic acids is 1. The number of amides is 3. The minimum Gasteiger partial charge on any atom is -0.491 e. The average molecular weight is 657 g/mol. The molecule has 0 aromatic heterocycles. The summed E-state index contributed by atoms with van der Waals surface area (Å²) in [5, 5.41) is 20.5. The van der Waals surface area contributed by atoms with Crippen molar-refractivity contribution in [2.24, 2.45) is 11.1 Å². The van der Waals surface area contributed by atoms with Gasteiger partial charge in [-0.2, -0.15) is 0 Å². The third-order valence-electron chi connectivity index (χ3n) is 9.36. The number of ether oxygens (including phenoxy) is 2. The molecule has 4 heterocycles. The molecule has 13 heteroatoms. The largest absolute Gasteiger partial charge is 0.491 e. The number of carbonyl (C=O) groups is 4. The highest BCUT2D eigenvalue weighted by Gasteiger charge is 2.62. The van der Waals surface area contributed by atoms with Gasteiger partial charge in [-0.25, -0.2) is 9.59 Å². The lowest BCUT2D eigenvalue weighted by atomic mass is 9.91. The number of benzene rings is 1. The van der Waals surface area contributed by atoms with Crippen molar-refractivity contribution >= 4 is 41.2 Å². The molecule has 248 valence electrons. The fourth-order valence-corrected chi connectivity index (χ4v) is 7.23. The standard InChI is InChI=1S/C33H41ClN4O8/c1-31(2,3)45-30(43)35-23-10-8-6-4-5-7-9-21-15-33(21,29(41)42)36-27(39)25-17-32(18-38(25)28(23)40)16-24(37-46-32)20-13-19-11-12-44-26(19)22(34)14-20/h7,9,13-14,21,23,25H,4-6,8,10-12,15-18H2,1-3H3,(H,35,43)(H,36,39)(H,41,42)/b9-7-/t21-,23+,25+,32-,33-/m1/s1. The van der Waals surface area contributed by atoms with Crippen LogP contribution in [-0.4, -0.2) is 81.6 Å². The summed E-state index contributed by atoms with van der Waals surface area (Å²) in [5.41, 5.74) is -0.867. The van der Waals surface area contributed by atoms with E-state index in [1.165, 1.54) is 4.90 Å². The first-order valence-electron chi connectivity index (χ1n) is 16.0. The van der Waals surface area contributed by atoms with Crippen LogP contribution in [0.5, 0.6) is 5.75 Å². The lowest BCUT2D eigenvalue weighted by molar-refractivity contribution is -0.145. The molecular formula is C33H41ClN4O8. The molecule has 12 nitrogen and oxygen atoms in total. The summed E-state index contributed by atoms with van der Waals surface area (Å²) < 4.78 is 11.1. The molecule has 0 radical (unpaired) electrons. The average Bonchev–Trinajstić information content (AvgIpc) is 3.34. The lowest BCUT2D eigenvalue weighted by Gasteiger charge is -2.30. The topological polar surface area (TPSA) is 156 Å². The quantitative estimate of drug-likeness (QED) is 0.411. The van der Waals surface area contributed by atoms with Crippen LogP contribution in [0.3, 0.4) is 0 Å². The number of alkyl carbamates (subject to hydrolysis) is 1. The maximum absolute atomic E-state index is 14.3. The molecule has 3 amide bonds. The molecular weight excluding hydrogens is 616 g/mol. The minimum atomic E-state index is -1.44. The van der Waals surface area contributed by atoms with Crippen LogP contribution >= 0.6 is 11.6 Å². The number of carboxylic acid groups (broad SMARTS) is 1. The van der Waals surface area contributed by atoms with Crippen LogP contribution in [0, 0.1) is 5.92 Å². The van der Waals surface area contributed by atoms with E-state index in [0.717, 1.165) is 36.8 Å². The van der Waals surface area contributed by atoms with E-state index in [4.69, 9.17) is 25.9 Å². The normalized spacial score (nSPS) is 31.6. The van der Waals surface area contributed by atoms with Crippen molar-refractivity contribution in [2.75, 3.05) is 13.2 Å². The summed E-state index contributed by atoms with van der Waals surface area (Å²) in [5.74, 6) is -1.83. The number of fused-ring (bicyclic) bond motifs is 3. The summed E-state index contributed by atoms with van der Waals surface area (Å²) in [6, 6.07) is 1.74. The zero-order valence-corrected chi connectivity index (χ0v) is 27.2. The molecule has 3 N–H and O–H groups in total. The van der Waals surface area contributed by atoms with Gasteiger partial charge < -0.3 is 35.0 Å². The van der Waals surface area contributed by atoms with Gasteiger partial charge in [0.2, 0.25) is 11.8 Å². The Balaban J connectivity index is 1.29. The zero-order valence-electron chi connectivity index (χ0n) is 26.4. The number of halogens is 1. The van der Waals surface area contributed by atoms with Gasteiger partial charge in [0, 0.05) is 30.7 Å². The van der Waals surface area contributed by atoms with Crippen LogP contribution in [0.15, 0.2) is 29.4 Å². The van der Waals surface area contributed by atoms with Gasteiger partial charge in [-0.3, -0.25) is 9.59 Å². The zero-order chi connectivity index (χ0) is 32.9. The molecule has 1 saturated carbocycles. The van der Waals surface area contributed by atoms with Crippen molar-refractivity contribution in [3.63, 3.8) is 0 Å². The van der Waals surface area contributed by atoms with Gasteiger partial charge in [0.05, 0.1) is 23.9 Å². The second-order valence-corrected chi connectivity index (χ2v) is 14.5. The molecule has 0 unspecified atom stereocenters. The predicted molar refractivity (Wildman–Crippen MR) is 168 cm³/mol. The van der Waals surface area contributed by atoms with Gasteiger partial charge in [-0.1, -0.05) is 41.8 Å². The first kappa shape index (κ1) is 32.2. The molecule has 1 saturated heterocycles. The van der Waals surface area contributed by atoms with E-state index >= 15 is 0 Å². The molecule has 6 rings (SSSR count). The Morgan fingerprint density at radius 2 is 2.00 bits per heavy atom. The number of nitrogens with one attached hydrogen (secondary N) is 2. The first-order valence-corrected chi connectivity index (χ1v) is 16.4. The second-order valence-electron chi connectivity index (χ2n) is 14.1. The van der Waals surface area contributed by atoms with Crippen LogP contribution in [0.25, 0.3) is 0 Å². The van der Waals surface area contributed by atoms with Crippen LogP contribution in [0.4, 0.5) is 4.79 Å². The van der Waals surface area contributed by atoms with Gasteiger partial charge in [0.25, 0.3) is 0 Å². The van der Waals surface area contributed by atoms with E-state index in [-0.39, 0.29) is 25.3 Å². The number of aliphatic carboxylic acids is 1. The maximum Gasteiger partial charge on any atom is 0.408 e. The van der Waals surface area contributed by atoms with E-state index in [1.54, 1.807) is 26.8 Å². The van der Waals surface area contributed by atoms with E-state index in [9.17, 15) is 24.3 Å². The van der Waals surface area contributed by atoms with Gasteiger partial charge in [-0.05, 0) is 64.2 Å². The summed E-state index contributed by atoms with van der Waals surface area (Å²) in [7, 11) is 0. The smallest absolute Gasteiger partial charge is 0.408 e. The second kappa shape index (κ2) is 12.1. The minimum absolute atomic E-state index is 0.0224. The lowest BCUT2D eigenvalue weighted by Crippen LogP contribution is -2.56. The molecule has 1 aromatic carbocycles. The van der Waals surface area contributed by atoms with Gasteiger partial charge in [0.1, 0.15) is 29.0 Å². The number of hydrogen-bond acceptors (Lipinski definition) is 8. The number of oxime groups is 1. The molecule has 1 aromatic rings. The van der Waals surface area contributed by atoms with Gasteiger partial charge in [-0.15, -0.1) is 0 Å². The van der Waals surface area contributed by atoms with Crippen molar-refractivity contribution in [1.29, 1.82) is 0 Å². The molecule has 5 aliphatic rings. The SMILES string of the molecule is CC(C)(C)OC(=O)N[C@H]1CCCCC/C=C\[C@@H]2C[C@@]2(C(=O)O)NC(=O)[C@@H]2C[C@]3(CC(c4cc(Cl)c5c(c4)CCO5)=NO3)CN2C1=O. The van der Waals surface area contributed by atoms with Crippen molar-refractivity contribution in [1.82, 2.24) is 15.5 Å². The highest BCUT2D eigenvalue weighted by atomic mass is 35.5. The molecule has 5 atom stereocenters. The van der Waals surface area contributed by atoms with Crippen molar-refractivity contribution in [3.05, 3.63) is 40.4 Å². The fraction of sp³-hybridized carbons (Fsp3) is 0.606. The third kappa shape index (κ3) is 6.41. The van der Waals surface area contributed by atoms with Crippen molar-refractivity contribution in [3.8, 4) is 5.75 Å². The Bertz CT molecular complexity index is 1500. The highest BCUT2D eigenvalue weighted by molar-refractivity contribution is 6.32. The monoisotopic (exact) mass is 656 g/mol. The Hall–Kier alpha value is -3.80. The fourth-order valence-electron chi connectivity index (χ4n) is 6.93. The summed E-state index contributed by atoms with van der Waals surface area (Å²) in [6.07, 6.45) is 7.88. The summed E-state index contributed by atoms with van der Waals surface area (Å²) >= 11 is 6.50. The van der Waals surface area contributed by atoms with Gasteiger partial charge in [0.15, 0.2) is 5.60 Å². The Labute approximate surface area is 272 Å².